The largest absolute Gasteiger partial charge is 0.387 e. The molecule has 1 aliphatic carbocycles. The van der Waals surface area contributed by atoms with Crippen molar-refractivity contribution < 1.29 is 19.3 Å². The summed E-state index contributed by atoms with van der Waals surface area (Å²) in [6, 6.07) is 6.82. The average molecular weight is 446 g/mol. The lowest BCUT2D eigenvalue weighted by Crippen LogP contribution is -2.32. The number of hydrogen-bond acceptors (Lipinski definition) is 8. The van der Waals surface area contributed by atoms with Gasteiger partial charge in [0.25, 0.3) is 0 Å². The minimum atomic E-state index is -1.16. The fourth-order valence-corrected chi connectivity index (χ4v) is 5.24. The molecule has 1 saturated carbocycles. The number of nitrogens with one attached hydrogen (secondary N) is 1. The first-order valence-electron chi connectivity index (χ1n) is 10.4. The predicted molar refractivity (Wildman–Crippen MR) is 114 cm³/mol. The number of ether oxygens (including phenoxy) is 1. The third-order valence-electron chi connectivity index (χ3n) is 5.91. The van der Waals surface area contributed by atoms with E-state index in [0.29, 0.717) is 33.7 Å². The lowest BCUT2D eigenvalue weighted by Gasteiger charge is -2.17. The highest BCUT2D eigenvalue weighted by Gasteiger charge is 2.44. The maximum atomic E-state index is 13.9. The standard InChI is InChI=1S/C21H24FN5O3S/c22-13-7-3-4-8-15(13)31-9-14-17(28)18(29)21(30-14)27-11-25-16-19(23-10-24-20(16)27)26-12-5-1-2-6-12/h3-4,7-8,10-12,14,17-18,21,28-29H,1-2,5-6,9H2,(H,23,24,26). The Bertz CT molecular complexity index is 1060. The van der Waals surface area contributed by atoms with Gasteiger partial charge in [-0.2, -0.15) is 0 Å². The quantitative estimate of drug-likeness (QED) is 0.498. The molecule has 2 fully saturated rings. The molecule has 3 heterocycles. The Kier molecular flexibility index (Phi) is 5.79. The summed E-state index contributed by atoms with van der Waals surface area (Å²) in [6.07, 6.45) is 3.82. The van der Waals surface area contributed by atoms with Gasteiger partial charge in [0, 0.05) is 16.7 Å². The van der Waals surface area contributed by atoms with Gasteiger partial charge in [0.15, 0.2) is 23.2 Å². The number of nitrogens with zero attached hydrogens (tertiary/aromatic N) is 4. The number of imidazole rings is 1. The van der Waals surface area contributed by atoms with Crippen LogP contribution in [0.25, 0.3) is 11.2 Å². The number of anilines is 1. The molecular formula is C21H24FN5O3S. The molecule has 0 radical (unpaired) electrons. The summed E-state index contributed by atoms with van der Waals surface area (Å²) in [5.74, 6) is 0.637. The van der Waals surface area contributed by atoms with Crippen LogP contribution in [0.2, 0.25) is 0 Å². The van der Waals surface area contributed by atoms with Crippen molar-refractivity contribution in [1.82, 2.24) is 19.5 Å². The lowest BCUT2D eigenvalue weighted by molar-refractivity contribution is -0.0289. The lowest BCUT2D eigenvalue weighted by atomic mass is 10.1. The highest BCUT2D eigenvalue weighted by atomic mass is 32.2. The van der Waals surface area contributed by atoms with E-state index >= 15 is 0 Å². The van der Waals surface area contributed by atoms with Gasteiger partial charge in [-0.15, -0.1) is 11.8 Å². The third-order valence-corrected chi connectivity index (χ3v) is 7.04. The average Bonchev–Trinajstić information content (AvgIpc) is 3.50. The van der Waals surface area contributed by atoms with E-state index in [-0.39, 0.29) is 5.82 Å². The molecule has 3 N–H and O–H groups in total. The predicted octanol–water partition coefficient (Wildman–Crippen LogP) is 2.73. The van der Waals surface area contributed by atoms with Crippen molar-refractivity contribution in [2.24, 2.45) is 0 Å². The highest BCUT2D eigenvalue weighted by Crippen LogP contribution is 2.35. The van der Waals surface area contributed by atoms with Gasteiger partial charge in [0.05, 0.1) is 12.4 Å². The second kappa shape index (κ2) is 8.70. The zero-order chi connectivity index (χ0) is 21.4. The van der Waals surface area contributed by atoms with Gasteiger partial charge in [-0.1, -0.05) is 25.0 Å². The van der Waals surface area contributed by atoms with E-state index in [1.807, 2.05) is 0 Å². The molecule has 1 saturated heterocycles. The molecule has 0 bridgehead atoms. The molecule has 1 aliphatic heterocycles. The molecule has 4 atom stereocenters. The van der Waals surface area contributed by atoms with Crippen LogP contribution in [0.1, 0.15) is 31.9 Å². The van der Waals surface area contributed by atoms with E-state index in [9.17, 15) is 14.6 Å². The molecule has 3 aromatic rings. The van der Waals surface area contributed by atoms with Gasteiger partial charge in [0.1, 0.15) is 24.4 Å². The van der Waals surface area contributed by atoms with Crippen LogP contribution in [-0.2, 0) is 4.74 Å². The molecule has 0 amide bonds. The van der Waals surface area contributed by atoms with Crippen LogP contribution in [0, 0.1) is 5.82 Å². The molecule has 5 rings (SSSR count). The van der Waals surface area contributed by atoms with Crippen LogP contribution >= 0.6 is 11.8 Å². The minimum absolute atomic E-state index is 0.297. The Morgan fingerprint density at radius 3 is 2.74 bits per heavy atom. The first kappa shape index (κ1) is 20.6. The maximum Gasteiger partial charge on any atom is 0.167 e. The van der Waals surface area contributed by atoms with Crippen molar-refractivity contribution in [2.75, 3.05) is 11.1 Å². The Hall–Kier alpha value is -2.27. The van der Waals surface area contributed by atoms with E-state index in [0.717, 1.165) is 12.8 Å². The van der Waals surface area contributed by atoms with Crippen LogP contribution in [0.4, 0.5) is 10.2 Å². The van der Waals surface area contributed by atoms with Gasteiger partial charge in [-0.25, -0.2) is 19.3 Å². The fraction of sp³-hybridized carbons (Fsp3) is 0.476. The second-order valence-electron chi connectivity index (χ2n) is 7.96. The Labute approximate surface area is 182 Å². The van der Waals surface area contributed by atoms with Gasteiger partial charge < -0.3 is 20.3 Å². The molecule has 4 unspecified atom stereocenters. The molecule has 164 valence electrons. The third kappa shape index (κ3) is 4.00. The topological polar surface area (TPSA) is 105 Å². The first-order valence-corrected chi connectivity index (χ1v) is 11.4. The number of thioether (sulfide) groups is 1. The van der Waals surface area contributed by atoms with Gasteiger partial charge in [-0.05, 0) is 25.0 Å². The first-order chi connectivity index (χ1) is 15.1. The van der Waals surface area contributed by atoms with E-state index in [2.05, 4.69) is 20.3 Å². The normalized spacial score (nSPS) is 26.7. The number of hydrogen-bond donors (Lipinski definition) is 3. The van der Waals surface area contributed by atoms with Crippen LogP contribution in [0.5, 0.6) is 0 Å². The molecule has 0 spiro atoms. The summed E-state index contributed by atoms with van der Waals surface area (Å²) in [5.41, 5.74) is 1.12. The van der Waals surface area contributed by atoms with Crippen LogP contribution < -0.4 is 5.32 Å². The maximum absolute atomic E-state index is 13.9. The van der Waals surface area contributed by atoms with Crippen molar-refractivity contribution in [3.63, 3.8) is 0 Å². The van der Waals surface area contributed by atoms with Crippen molar-refractivity contribution in [2.45, 2.75) is 61.2 Å². The second-order valence-corrected chi connectivity index (χ2v) is 9.02. The summed E-state index contributed by atoms with van der Waals surface area (Å²) < 4.78 is 21.5. The zero-order valence-corrected chi connectivity index (χ0v) is 17.6. The smallest absolute Gasteiger partial charge is 0.167 e. The molecule has 1 aromatic carbocycles. The van der Waals surface area contributed by atoms with Gasteiger partial charge in [0.2, 0.25) is 0 Å². The van der Waals surface area contributed by atoms with Gasteiger partial charge >= 0.3 is 0 Å². The Balaban J connectivity index is 1.34. The van der Waals surface area contributed by atoms with E-state index in [4.69, 9.17) is 4.74 Å². The van der Waals surface area contributed by atoms with Crippen molar-refractivity contribution in [3.05, 3.63) is 42.7 Å². The Morgan fingerprint density at radius 2 is 1.94 bits per heavy atom. The number of aromatic nitrogens is 4. The number of benzene rings is 1. The number of aliphatic hydroxyl groups is 2. The van der Waals surface area contributed by atoms with Crippen molar-refractivity contribution in [1.29, 1.82) is 0 Å². The van der Waals surface area contributed by atoms with Crippen LogP contribution in [0.15, 0.2) is 41.8 Å². The number of halogens is 1. The highest BCUT2D eigenvalue weighted by molar-refractivity contribution is 7.99. The minimum Gasteiger partial charge on any atom is -0.387 e. The molecular weight excluding hydrogens is 421 g/mol. The zero-order valence-electron chi connectivity index (χ0n) is 16.8. The molecule has 8 nitrogen and oxygen atoms in total. The van der Waals surface area contributed by atoms with Gasteiger partial charge in [-0.3, -0.25) is 4.57 Å². The number of aliphatic hydroxyl groups excluding tert-OH is 2. The van der Waals surface area contributed by atoms with E-state index < -0.39 is 24.5 Å². The monoisotopic (exact) mass is 445 g/mol. The number of fused-ring (bicyclic) bond motifs is 1. The van der Waals surface area contributed by atoms with Crippen molar-refractivity contribution >= 4 is 28.7 Å². The summed E-state index contributed by atoms with van der Waals surface area (Å²) >= 11 is 1.24. The fourth-order valence-electron chi connectivity index (χ4n) is 4.24. The summed E-state index contributed by atoms with van der Waals surface area (Å²) in [5, 5.41) is 24.6. The molecule has 2 aromatic heterocycles. The van der Waals surface area contributed by atoms with Crippen molar-refractivity contribution in [3.8, 4) is 0 Å². The molecule has 2 aliphatic rings. The van der Waals surface area contributed by atoms with E-state index in [1.165, 1.54) is 37.0 Å². The number of rotatable bonds is 6. The van der Waals surface area contributed by atoms with E-state index in [1.54, 1.807) is 29.1 Å². The molecule has 10 heteroatoms. The Morgan fingerprint density at radius 1 is 1.13 bits per heavy atom. The van der Waals surface area contributed by atoms with Crippen LogP contribution in [0.3, 0.4) is 0 Å². The SMILES string of the molecule is OC1C(CSc2ccccc2F)OC(n2cnc3c(NC4CCCC4)ncnc32)C1O. The van der Waals surface area contributed by atoms with Crippen LogP contribution in [-0.4, -0.2) is 59.8 Å². The summed E-state index contributed by atoms with van der Waals surface area (Å²) in [7, 11) is 0. The summed E-state index contributed by atoms with van der Waals surface area (Å²) in [4.78, 5) is 13.6. The summed E-state index contributed by atoms with van der Waals surface area (Å²) in [6.45, 7) is 0. The molecule has 31 heavy (non-hydrogen) atoms.